The van der Waals surface area contributed by atoms with Gasteiger partial charge in [-0.25, -0.2) is 0 Å². The fraction of sp³-hybridized carbons (Fsp3) is 1.00. The molecule has 0 saturated carbocycles. The maximum absolute atomic E-state index is 9.05. The minimum atomic E-state index is -0.462. The normalized spacial score (nSPS) is 20.1. The van der Waals surface area contributed by atoms with E-state index in [9.17, 15) is 0 Å². The van der Waals surface area contributed by atoms with Gasteiger partial charge in [0, 0.05) is 18.6 Å². The van der Waals surface area contributed by atoms with Crippen LogP contribution in [-0.4, -0.2) is 29.0 Å². The smallest absolute Gasteiger partial charge is 0.0562 e. The predicted molar refractivity (Wildman–Crippen MR) is 40.5 cm³/mol. The average Bonchev–Trinajstić information content (AvgIpc) is 1.81. The second-order valence-electron chi connectivity index (χ2n) is 2.90. The highest BCUT2D eigenvalue weighted by molar-refractivity contribution is 4.68. The molecule has 0 aromatic carbocycles. The molecule has 0 aromatic heterocycles. The van der Waals surface area contributed by atoms with E-state index in [1.165, 1.54) is 0 Å². The van der Waals surface area contributed by atoms with Gasteiger partial charge in [0.15, 0.2) is 0 Å². The Bertz CT molecular complexity index is 83.7. The van der Waals surface area contributed by atoms with Crippen molar-refractivity contribution in [2.45, 2.75) is 32.4 Å². The first kappa shape index (κ1) is 9.88. The lowest BCUT2D eigenvalue weighted by molar-refractivity contribution is 0.0726. The monoisotopic (exact) mass is 147 g/mol. The van der Waals surface area contributed by atoms with Gasteiger partial charge in [-0.2, -0.15) is 0 Å². The molecule has 0 heterocycles. The molecule has 0 fully saturated rings. The number of nitrogens with two attached hydrogens (primary N) is 1. The van der Waals surface area contributed by atoms with Crippen LogP contribution in [0.4, 0.5) is 0 Å². The van der Waals surface area contributed by atoms with Gasteiger partial charge in [0.25, 0.3) is 0 Å². The van der Waals surface area contributed by atoms with Crippen molar-refractivity contribution in [3.63, 3.8) is 0 Å². The highest BCUT2D eigenvalue weighted by atomic mass is 16.3. The fourth-order valence-corrected chi connectivity index (χ4v) is 0.902. The van der Waals surface area contributed by atoms with Crippen molar-refractivity contribution in [2.24, 2.45) is 11.7 Å². The van der Waals surface area contributed by atoms with Crippen molar-refractivity contribution in [3.8, 4) is 0 Å². The Morgan fingerprint density at radius 2 is 1.90 bits per heavy atom. The molecule has 0 rings (SSSR count). The molecule has 0 radical (unpaired) electrons. The Kier molecular flexibility index (Phi) is 4.60. The summed E-state index contributed by atoms with van der Waals surface area (Å²) in [6.45, 7) is 3.55. The second-order valence-corrected chi connectivity index (χ2v) is 2.90. The molecule has 0 aliphatic heterocycles. The summed E-state index contributed by atoms with van der Waals surface area (Å²) in [4.78, 5) is 0. The molecular formula is C7H17NO2. The van der Waals surface area contributed by atoms with Crippen molar-refractivity contribution in [2.75, 3.05) is 6.61 Å². The third-order valence-corrected chi connectivity index (χ3v) is 1.59. The average molecular weight is 147 g/mol. The summed E-state index contributed by atoms with van der Waals surface area (Å²) in [5, 5.41) is 17.8. The van der Waals surface area contributed by atoms with Crippen molar-refractivity contribution in [1.82, 2.24) is 0 Å². The maximum atomic E-state index is 9.05. The second kappa shape index (κ2) is 4.66. The van der Waals surface area contributed by atoms with E-state index < -0.39 is 6.10 Å². The van der Waals surface area contributed by atoms with E-state index in [1.807, 2.05) is 6.92 Å². The quantitative estimate of drug-likeness (QED) is 0.512. The van der Waals surface area contributed by atoms with E-state index in [1.54, 1.807) is 6.92 Å². The van der Waals surface area contributed by atoms with E-state index in [0.717, 1.165) is 0 Å². The summed E-state index contributed by atoms with van der Waals surface area (Å²) < 4.78 is 0. The summed E-state index contributed by atoms with van der Waals surface area (Å²) in [6, 6.07) is 0.0479. The van der Waals surface area contributed by atoms with Gasteiger partial charge in [-0.15, -0.1) is 0 Å². The number of hydrogen-bond donors (Lipinski definition) is 3. The summed E-state index contributed by atoms with van der Waals surface area (Å²) in [5.41, 5.74) is 5.48. The Labute approximate surface area is 61.9 Å². The third-order valence-electron chi connectivity index (χ3n) is 1.59. The van der Waals surface area contributed by atoms with Crippen molar-refractivity contribution >= 4 is 0 Å². The lowest BCUT2D eigenvalue weighted by atomic mass is 9.97. The Morgan fingerprint density at radius 3 is 2.00 bits per heavy atom. The van der Waals surface area contributed by atoms with Gasteiger partial charge in [0.05, 0.1) is 6.10 Å². The van der Waals surface area contributed by atoms with E-state index >= 15 is 0 Å². The first-order valence-electron chi connectivity index (χ1n) is 3.62. The molecule has 0 spiro atoms. The van der Waals surface area contributed by atoms with Crippen LogP contribution in [0.5, 0.6) is 0 Å². The first-order valence-corrected chi connectivity index (χ1v) is 3.62. The predicted octanol–water partition coefficient (Wildman–Crippen LogP) is -0.287. The first-order chi connectivity index (χ1) is 4.57. The zero-order valence-corrected chi connectivity index (χ0v) is 6.62. The van der Waals surface area contributed by atoms with Gasteiger partial charge < -0.3 is 15.9 Å². The number of aliphatic hydroxyl groups is 2. The van der Waals surface area contributed by atoms with Gasteiger partial charge in [-0.3, -0.25) is 0 Å². The highest BCUT2D eigenvalue weighted by Crippen LogP contribution is 2.09. The zero-order chi connectivity index (χ0) is 8.15. The standard InChI is InChI=1S/C7H17NO2/c1-5(8)3-7(4-9)6(2)10/h5-7,9-10H,3-4,8H2,1-2H3. The van der Waals surface area contributed by atoms with Crippen LogP contribution in [0.15, 0.2) is 0 Å². The molecule has 0 amide bonds. The molecule has 0 aliphatic rings. The fourth-order valence-electron chi connectivity index (χ4n) is 0.902. The van der Waals surface area contributed by atoms with E-state index in [0.29, 0.717) is 6.42 Å². The Balaban J connectivity index is 3.60. The minimum absolute atomic E-state index is 0.0131. The molecule has 0 bridgehead atoms. The van der Waals surface area contributed by atoms with Crippen LogP contribution < -0.4 is 5.73 Å². The molecule has 3 unspecified atom stereocenters. The van der Waals surface area contributed by atoms with Crippen LogP contribution in [-0.2, 0) is 0 Å². The van der Waals surface area contributed by atoms with Crippen molar-refractivity contribution in [1.29, 1.82) is 0 Å². The summed E-state index contributed by atoms with van der Waals surface area (Å²) >= 11 is 0. The number of rotatable bonds is 4. The van der Waals surface area contributed by atoms with Gasteiger partial charge in [0.1, 0.15) is 0 Å². The van der Waals surface area contributed by atoms with Gasteiger partial charge in [-0.05, 0) is 20.3 Å². The third kappa shape index (κ3) is 3.82. The number of hydrogen-bond acceptors (Lipinski definition) is 3. The SMILES string of the molecule is CC(N)CC(CO)C(C)O. The van der Waals surface area contributed by atoms with Crippen molar-refractivity contribution < 1.29 is 10.2 Å². The lowest BCUT2D eigenvalue weighted by Crippen LogP contribution is -2.28. The summed E-state index contributed by atoms with van der Waals surface area (Å²) in [5.74, 6) is -0.0694. The Morgan fingerprint density at radius 1 is 1.40 bits per heavy atom. The molecular weight excluding hydrogens is 130 g/mol. The van der Waals surface area contributed by atoms with Crippen LogP contribution in [0.3, 0.4) is 0 Å². The van der Waals surface area contributed by atoms with Crippen LogP contribution in [0.1, 0.15) is 20.3 Å². The van der Waals surface area contributed by atoms with E-state index in [2.05, 4.69) is 0 Å². The molecule has 3 atom stereocenters. The van der Waals surface area contributed by atoms with Crippen LogP contribution >= 0.6 is 0 Å². The highest BCUT2D eigenvalue weighted by Gasteiger charge is 2.14. The molecule has 4 N–H and O–H groups in total. The summed E-state index contributed by atoms with van der Waals surface area (Å²) in [7, 11) is 0. The molecule has 3 nitrogen and oxygen atoms in total. The van der Waals surface area contributed by atoms with Gasteiger partial charge in [-0.1, -0.05) is 0 Å². The van der Waals surface area contributed by atoms with Crippen LogP contribution in [0.2, 0.25) is 0 Å². The summed E-state index contributed by atoms with van der Waals surface area (Å²) in [6.07, 6.45) is 0.213. The topological polar surface area (TPSA) is 66.5 Å². The molecule has 0 aromatic rings. The maximum Gasteiger partial charge on any atom is 0.0562 e. The van der Waals surface area contributed by atoms with Crippen molar-refractivity contribution in [3.05, 3.63) is 0 Å². The molecule has 62 valence electrons. The van der Waals surface area contributed by atoms with Crippen LogP contribution in [0, 0.1) is 5.92 Å². The molecule has 3 heteroatoms. The zero-order valence-electron chi connectivity index (χ0n) is 6.62. The van der Waals surface area contributed by atoms with Gasteiger partial charge >= 0.3 is 0 Å². The molecule has 10 heavy (non-hydrogen) atoms. The van der Waals surface area contributed by atoms with Crippen LogP contribution in [0.25, 0.3) is 0 Å². The van der Waals surface area contributed by atoms with E-state index in [-0.39, 0.29) is 18.6 Å². The van der Waals surface area contributed by atoms with Gasteiger partial charge in [0.2, 0.25) is 0 Å². The number of aliphatic hydroxyl groups excluding tert-OH is 2. The Hall–Kier alpha value is -0.120. The molecule has 0 saturated heterocycles. The van der Waals surface area contributed by atoms with E-state index in [4.69, 9.17) is 15.9 Å². The minimum Gasteiger partial charge on any atom is -0.396 e. The largest absolute Gasteiger partial charge is 0.396 e. The molecule has 0 aliphatic carbocycles. The lowest BCUT2D eigenvalue weighted by Gasteiger charge is -2.18.